The Balaban J connectivity index is 1.82. The maximum Gasteiger partial charge on any atom is 0.233 e. The van der Waals surface area contributed by atoms with E-state index in [-0.39, 0.29) is 17.0 Å². The SMILES string of the molecule is COc1ccc(NS(=O)(=O)C[C@@]23CC[C@@H](CC2=O)C3(C)C)cc1. The van der Waals surface area contributed by atoms with Crippen LogP contribution in [-0.2, 0) is 14.8 Å². The van der Waals surface area contributed by atoms with E-state index in [0.29, 0.717) is 30.2 Å². The van der Waals surface area contributed by atoms with Crippen molar-refractivity contribution in [2.24, 2.45) is 16.7 Å². The first kappa shape index (κ1) is 16.3. The van der Waals surface area contributed by atoms with Crippen molar-refractivity contribution in [2.75, 3.05) is 17.6 Å². The molecule has 5 nitrogen and oxygen atoms in total. The Hall–Kier alpha value is -1.56. The van der Waals surface area contributed by atoms with Gasteiger partial charge in [0.25, 0.3) is 0 Å². The van der Waals surface area contributed by atoms with Crippen molar-refractivity contribution in [3.63, 3.8) is 0 Å². The van der Waals surface area contributed by atoms with E-state index in [1.165, 1.54) is 0 Å². The van der Waals surface area contributed by atoms with Crippen LogP contribution in [-0.4, -0.2) is 27.1 Å². The molecule has 2 saturated carbocycles. The lowest BCUT2D eigenvalue weighted by atomic mass is 9.70. The van der Waals surface area contributed by atoms with Crippen LogP contribution in [0.25, 0.3) is 0 Å². The van der Waals surface area contributed by atoms with Crippen molar-refractivity contribution >= 4 is 21.5 Å². The van der Waals surface area contributed by atoms with Crippen LogP contribution < -0.4 is 9.46 Å². The molecule has 2 aliphatic rings. The summed E-state index contributed by atoms with van der Waals surface area (Å²) >= 11 is 0. The zero-order valence-electron chi connectivity index (χ0n) is 13.8. The molecule has 2 atom stereocenters. The van der Waals surface area contributed by atoms with Crippen molar-refractivity contribution in [1.29, 1.82) is 0 Å². The first-order valence-electron chi connectivity index (χ1n) is 7.88. The molecule has 1 N–H and O–H groups in total. The second kappa shape index (κ2) is 5.23. The van der Waals surface area contributed by atoms with Crippen LogP contribution >= 0.6 is 0 Å². The van der Waals surface area contributed by atoms with Gasteiger partial charge in [0.1, 0.15) is 11.5 Å². The van der Waals surface area contributed by atoms with Gasteiger partial charge in [-0.05, 0) is 48.4 Å². The first-order valence-corrected chi connectivity index (χ1v) is 9.53. The summed E-state index contributed by atoms with van der Waals surface area (Å²) in [6, 6.07) is 6.72. The summed E-state index contributed by atoms with van der Waals surface area (Å²) in [6.45, 7) is 4.08. The lowest BCUT2D eigenvalue weighted by Gasteiger charge is -2.36. The van der Waals surface area contributed by atoms with E-state index in [0.717, 1.165) is 6.42 Å². The minimum Gasteiger partial charge on any atom is -0.497 e. The summed E-state index contributed by atoms with van der Waals surface area (Å²) < 4.78 is 32.9. The molecule has 2 bridgehead atoms. The number of hydrogen-bond donors (Lipinski definition) is 1. The molecule has 1 aromatic rings. The standard InChI is InChI=1S/C17H23NO4S/c1-16(2)12-8-9-17(16,15(19)10-12)11-23(20,21)18-13-4-6-14(22-3)7-5-13/h4-7,12,18H,8-11H2,1-3H3/t12-,17-/m0/s1. The number of hydrogen-bond acceptors (Lipinski definition) is 4. The quantitative estimate of drug-likeness (QED) is 0.897. The molecule has 2 aliphatic carbocycles. The van der Waals surface area contributed by atoms with Gasteiger partial charge >= 0.3 is 0 Å². The lowest BCUT2D eigenvalue weighted by Crippen LogP contribution is -2.43. The molecule has 126 valence electrons. The molecule has 0 heterocycles. The Kier molecular flexibility index (Phi) is 3.71. The number of methoxy groups -OCH3 is 1. The van der Waals surface area contributed by atoms with Crippen molar-refractivity contribution in [2.45, 2.75) is 33.1 Å². The summed E-state index contributed by atoms with van der Waals surface area (Å²) in [5.74, 6) is 0.955. The summed E-state index contributed by atoms with van der Waals surface area (Å²) in [5.41, 5.74) is -0.505. The summed E-state index contributed by atoms with van der Waals surface area (Å²) in [6.07, 6.45) is 2.13. The highest BCUT2D eigenvalue weighted by atomic mass is 32.2. The molecule has 0 spiro atoms. The number of ketones is 1. The van der Waals surface area contributed by atoms with Gasteiger partial charge in [-0.15, -0.1) is 0 Å². The third-order valence-electron chi connectivity index (χ3n) is 5.94. The number of benzene rings is 1. The van der Waals surface area contributed by atoms with E-state index in [2.05, 4.69) is 4.72 Å². The molecule has 23 heavy (non-hydrogen) atoms. The van der Waals surface area contributed by atoms with Crippen LogP contribution in [0.3, 0.4) is 0 Å². The Morgan fingerprint density at radius 2 is 1.91 bits per heavy atom. The molecule has 0 saturated heterocycles. The molecule has 2 fully saturated rings. The van der Waals surface area contributed by atoms with Gasteiger partial charge in [0.05, 0.1) is 18.3 Å². The second-order valence-corrected chi connectivity index (χ2v) is 8.98. The highest BCUT2D eigenvalue weighted by Crippen LogP contribution is 2.64. The van der Waals surface area contributed by atoms with Gasteiger partial charge in [-0.25, -0.2) is 8.42 Å². The molecule has 0 radical (unpaired) electrons. The second-order valence-electron chi connectivity index (χ2n) is 7.26. The Morgan fingerprint density at radius 3 is 2.39 bits per heavy atom. The highest BCUT2D eigenvalue weighted by molar-refractivity contribution is 7.92. The molecule has 0 aromatic heterocycles. The number of carbonyl (C=O) groups is 1. The third kappa shape index (κ3) is 2.53. The van der Waals surface area contributed by atoms with E-state index >= 15 is 0 Å². The van der Waals surface area contributed by atoms with Crippen LogP contribution in [0.2, 0.25) is 0 Å². The maximum atomic E-state index is 12.6. The van der Waals surface area contributed by atoms with Crippen molar-refractivity contribution < 1.29 is 17.9 Å². The molecular formula is C17H23NO4S. The van der Waals surface area contributed by atoms with Crippen molar-refractivity contribution in [3.05, 3.63) is 24.3 Å². The average molecular weight is 337 g/mol. The highest BCUT2D eigenvalue weighted by Gasteiger charge is 2.65. The molecule has 0 unspecified atom stereocenters. The van der Waals surface area contributed by atoms with Gasteiger partial charge in [-0.3, -0.25) is 9.52 Å². The predicted molar refractivity (Wildman–Crippen MR) is 89.0 cm³/mol. The van der Waals surface area contributed by atoms with Crippen LogP contribution in [0.1, 0.15) is 33.1 Å². The number of anilines is 1. The first-order chi connectivity index (χ1) is 10.7. The van der Waals surface area contributed by atoms with Gasteiger partial charge in [-0.2, -0.15) is 0 Å². The maximum absolute atomic E-state index is 12.6. The molecule has 1 aromatic carbocycles. The van der Waals surface area contributed by atoms with E-state index in [1.807, 2.05) is 13.8 Å². The van der Waals surface area contributed by atoms with Crippen molar-refractivity contribution in [1.82, 2.24) is 0 Å². The molecular weight excluding hydrogens is 314 g/mol. The van der Waals surface area contributed by atoms with Crippen LogP contribution in [0.15, 0.2) is 24.3 Å². The van der Waals surface area contributed by atoms with Crippen LogP contribution in [0.4, 0.5) is 5.69 Å². The van der Waals surface area contributed by atoms with E-state index in [9.17, 15) is 13.2 Å². The van der Waals surface area contributed by atoms with Gasteiger partial charge in [0, 0.05) is 12.1 Å². The fourth-order valence-electron chi connectivity index (χ4n) is 4.31. The van der Waals surface area contributed by atoms with Crippen LogP contribution in [0, 0.1) is 16.7 Å². The zero-order chi connectivity index (χ0) is 16.9. The average Bonchev–Trinajstić information content (AvgIpc) is 2.81. The molecule has 3 rings (SSSR count). The minimum atomic E-state index is -3.60. The van der Waals surface area contributed by atoms with Gasteiger partial charge in [-0.1, -0.05) is 13.8 Å². The molecule has 0 amide bonds. The predicted octanol–water partition coefficient (Wildman–Crippen LogP) is 2.83. The molecule has 0 aliphatic heterocycles. The molecule has 6 heteroatoms. The monoisotopic (exact) mass is 337 g/mol. The number of nitrogens with one attached hydrogen (secondary N) is 1. The topological polar surface area (TPSA) is 72.5 Å². The fraction of sp³-hybridized carbons (Fsp3) is 0.588. The summed E-state index contributed by atoms with van der Waals surface area (Å²) in [5, 5.41) is 0. The number of Topliss-reactive ketones (excluding diaryl/α,β-unsaturated/α-hetero) is 1. The Bertz CT molecular complexity index is 723. The van der Waals surface area contributed by atoms with E-state index in [1.54, 1.807) is 31.4 Å². The van der Waals surface area contributed by atoms with E-state index in [4.69, 9.17) is 4.74 Å². The normalized spacial score (nSPS) is 28.8. The largest absolute Gasteiger partial charge is 0.497 e. The number of rotatable bonds is 5. The number of fused-ring (bicyclic) bond motifs is 2. The Labute approximate surface area is 137 Å². The summed E-state index contributed by atoms with van der Waals surface area (Å²) in [7, 11) is -2.04. The number of ether oxygens (including phenoxy) is 1. The fourth-order valence-corrected chi connectivity index (χ4v) is 6.20. The van der Waals surface area contributed by atoms with Crippen molar-refractivity contribution in [3.8, 4) is 5.75 Å². The van der Waals surface area contributed by atoms with Gasteiger partial charge in [0.2, 0.25) is 10.0 Å². The van der Waals surface area contributed by atoms with Gasteiger partial charge in [0.15, 0.2) is 0 Å². The Morgan fingerprint density at radius 1 is 1.26 bits per heavy atom. The lowest BCUT2D eigenvalue weighted by molar-refractivity contribution is -0.128. The minimum absolute atomic E-state index is 0.110. The summed E-state index contributed by atoms with van der Waals surface area (Å²) in [4.78, 5) is 12.5. The smallest absolute Gasteiger partial charge is 0.233 e. The van der Waals surface area contributed by atoms with Gasteiger partial charge < -0.3 is 4.74 Å². The zero-order valence-corrected chi connectivity index (χ0v) is 14.6. The van der Waals surface area contributed by atoms with Crippen LogP contribution in [0.5, 0.6) is 5.75 Å². The number of sulfonamides is 1. The third-order valence-corrected chi connectivity index (χ3v) is 7.36. The number of carbonyl (C=O) groups excluding carboxylic acids is 1. The van der Waals surface area contributed by atoms with E-state index < -0.39 is 15.4 Å².